The average Bonchev–Trinajstić information content (AvgIpc) is 2.74. The summed E-state index contributed by atoms with van der Waals surface area (Å²) in [5.74, 6) is 1.50. The van der Waals surface area contributed by atoms with E-state index in [1.54, 1.807) is 13.3 Å². The van der Waals surface area contributed by atoms with Crippen molar-refractivity contribution in [1.82, 2.24) is 20.6 Å². The first-order valence-corrected chi connectivity index (χ1v) is 9.65. The standard InChI is InChI=1S/C18H27N7O3/c1-26-16-13(11-21-17(19)24-16)14-10-15(28-12-2-4-20-5-3-12)23-18(22-14)25-6-8-27-9-7-25/h10-12,16,20H,2-9H2,1H3,(H3,19,21,24). The maximum Gasteiger partial charge on any atom is 0.229 e. The van der Waals surface area contributed by atoms with Gasteiger partial charge in [-0.15, -0.1) is 0 Å². The highest BCUT2D eigenvalue weighted by atomic mass is 16.5. The maximum atomic E-state index is 6.21. The number of piperidine rings is 1. The van der Waals surface area contributed by atoms with Crippen LogP contribution in [0.4, 0.5) is 5.95 Å². The third-order valence-corrected chi connectivity index (χ3v) is 4.98. The van der Waals surface area contributed by atoms with Gasteiger partial charge in [0.2, 0.25) is 11.8 Å². The summed E-state index contributed by atoms with van der Waals surface area (Å²) in [7, 11) is 1.59. The number of aromatic nitrogens is 2. The first-order valence-electron chi connectivity index (χ1n) is 9.65. The molecule has 0 spiro atoms. The van der Waals surface area contributed by atoms with Gasteiger partial charge in [0.05, 0.1) is 18.9 Å². The molecule has 10 heteroatoms. The molecule has 10 nitrogen and oxygen atoms in total. The second kappa shape index (κ2) is 8.72. The quantitative estimate of drug-likeness (QED) is 0.622. The highest BCUT2D eigenvalue weighted by Crippen LogP contribution is 2.27. The van der Waals surface area contributed by atoms with Crippen molar-refractivity contribution in [1.29, 1.82) is 0 Å². The smallest absolute Gasteiger partial charge is 0.229 e. The Kier molecular flexibility index (Phi) is 5.89. The van der Waals surface area contributed by atoms with Gasteiger partial charge in [0.1, 0.15) is 6.10 Å². The van der Waals surface area contributed by atoms with E-state index in [-0.39, 0.29) is 6.10 Å². The molecule has 1 aromatic heterocycles. The SMILES string of the molecule is COC1N=C(N)NC=C1c1cc(OC2CCNCC2)nc(N2CCOCC2)n1. The highest BCUT2D eigenvalue weighted by Gasteiger charge is 2.25. The zero-order chi connectivity index (χ0) is 19.3. The number of nitrogens with two attached hydrogens (primary N) is 1. The lowest BCUT2D eigenvalue weighted by molar-refractivity contribution is 0.121. The molecule has 1 aromatic rings. The molecule has 0 amide bonds. The van der Waals surface area contributed by atoms with Gasteiger partial charge < -0.3 is 35.5 Å². The van der Waals surface area contributed by atoms with Gasteiger partial charge in [-0.2, -0.15) is 4.98 Å². The number of ether oxygens (including phenoxy) is 3. The number of hydrogen-bond acceptors (Lipinski definition) is 10. The fourth-order valence-corrected chi connectivity index (χ4v) is 3.45. The van der Waals surface area contributed by atoms with Crippen LogP contribution in [0, 0.1) is 0 Å². The molecular formula is C18H27N7O3. The summed E-state index contributed by atoms with van der Waals surface area (Å²) in [6.45, 7) is 4.70. The summed E-state index contributed by atoms with van der Waals surface area (Å²) in [6.07, 6.45) is 3.30. The van der Waals surface area contributed by atoms with Gasteiger partial charge in [-0.3, -0.25) is 0 Å². The lowest BCUT2D eigenvalue weighted by Crippen LogP contribution is -2.38. The van der Waals surface area contributed by atoms with E-state index in [4.69, 9.17) is 24.9 Å². The molecule has 1 atom stereocenters. The minimum atomic E-state index is -0.527. The van der Waals surface area contributed by atoms with Crippen LogP contribution in [0.3, 0.4) is 0 Å². The number of guanidine groups is 1. The van der Waals surface area contributed by atoms with E-state index in [0.29, 0.717) is 36.7 Å². The van der Waals surface area contributed by atoms with Crippen LogP contribution in [0.15, 0.2) is 17.3 Å². The van der Waals surface area contributed by atoms with Crippen LogP contribution < -0.4 is 26.0 Å². The van der Waals surface area contributed by atoms with E-state index in [1.165, 1.54) is 0 Å². The molecule has 152 valence electrons. The summed E-state index contributed by atoms with van der Waals surface area (Å²) in [5.41, 5.74) is 7.26. The third kappa shape index (κ3) is 4.34. The molecule has 2 fully saturated rings. The number of methoxy groups -OCH3 is 1. The molecule has 0 saturated carbocycles. The summed E-state index contributed by atoms with van der Waals surface area (Å²) < 4.78 is 17.2. The van der Waals surface area contributed by atoms with Crippen LogP contribution in [0.25, 0.3) is 5.57 Å². The summed E-state index contributed by atoms with van der Waals surface area (Å²) in [5, 5.41) is 6.29. The molecule has 4 N–H and O–H groups in total. The number of nitrogens with zero attached hydrogens (tertiary/aromatic N) is 4. The lowest BCUT2D eigenvalue weighted by Gasteiger charge is -2.29. The number of rotatable bonds is 5. The molecule has 0 bridgehead atoms. The topological polar surface area (TPSA) is 119 Å². The summed E-state index contributed by atoms with van der Waals surface area (Å²) >= 11 is 0. The van der Waals surface area contributed by atoms with Crippen molar-refractivity contribution >= 4 is 17.5 Å². The van der Waals surface area contributed by atoms with Gasteiger partial charge in [0, 0.05) is 38.0 Å². The third-order valence-electron chi connectivity index (χ3n) is 4.98. The van der Waals surface area contributed by atoms with Crippen molar-refractivity contribution in [3.8, 4) is 5.88 Å². The molecule has 28 heavy (non-hydrogen) atoms. The van der Waals surface area contributed by atoms with Gasteiger partial charge in [-0.1, -0.05) is 0 Å². The van der Waals surface area contributed by atoms with Gasteiger partial charge in [0.15, 0.2) is 12.2 Å². The van der Waals surface area contributed by atoms with Crippen molar-refractivity contribution in [2.45, 2.75) is 25.2 Å². The lowest BCUT2D eigenvalue weighted by atomic mass is 10.1. The average molecular weight is 389 g/mol. The minimum absolute atomic E-state index is 0.145. The van der Waals surface area contributed by atoms with Gasteiger partial charge in [-0.25, -0.2) is 9.98 Å². The van der Waals surface area contributed by atoms with Crippen molar-refractivity contribution in [3.05, 3.63) is 18.0 Å². The molecule has 0 radical (unpaired) electrons. The fourth-order valence-electron chi connectivity index (χ4n) is 3.45. The van der Waals surface area contributed by atoms with Gasteiger partial charge in [-0.05, 0) is 25.9 Å². The van der Waals surface area contributed by atoms with Crippen LogP contribution in [0.1, 0.15) is 18.5 Å². The molecule has 4 heterocycles. The van der Waals surface area contributed by atoms with E-state index in [0.717, 1.165) is 44.6 Å². The van der Waals surface area contributed by atoms with Crippen LogP contribution in [0.2, 0.25) is 0 Å². The van der Waals surface area contributed by atoms with Crippen LogP contribution in [-0.2, 0) is 9.47 Å². The first kappa shape index (κ1) is 18.9. The Morgan fingerprint density at radius 2 is 2.00 bits per heavy atom. The zero-order valence-electron chi connectivity index (χ0n) is 16.1. The number of hydrogen-bond donors (Lipinski definition) is 3. The normalized spacial score (nSPS) is 23.6. The Morgan fingerprint density at radius 1 is 1.21 bits per heavy atom. The molecule has 3 aliphatic heterocycles. The Bertz CT molecular complexity index is 743. The van der Waals surface area contributed by atoms with Gasteiger partial charge >= 0.3 is 0 Å². The number of nitrogens with one attached hydrogen (secondary N) is 2. The number of anilines is 1. The van der Waals surface area contributed by atoms with E-state index in [2.05, 4.69) is 25.5 Å². The molecular weight excluding hydrogens is 362 g/mol. The molecule has 3 aliphatic rings. The van der Waals surface area contributed by atoms with E-state index < -0.39 is 6.23 Å². The minimum Gasteiger partial charge on any atom is -0.474 e. The molecule has 4 rings (SSSR count). The van der Waals surface area contributed by atoms with Crippen molar-refractivity contribution in [2.75, 3.05) is 51.4 Å². The largest absolute Gasteiger partial charge is 0.474 e. The zero-order valence-corrected chi connectivity index (χ0v) is 16.1. The Hall–Kier alpha value is -2.43. The summed E-state index contributed by atoms with van der Waals surface area (Å²) in [6, 6.07) is 1.85. The molecule has 2 saturated heterocycles. The predicted molar refractivity (Wildman–Crippen MR) is 105 cm³/mol. The number of aliphatic imine (C=N–C) groups is 1. The number of morpholine rings is 1. The van der Waals surface area contributed by atoms with Crippen molar-refractivity contribution < 1.29 is 14.2 Å². The second-order valence-electron chi connectivity index (χ2n) is 6.90. The van der Waals surface area contributed by atoms with Crippen LogP contribution in [-0.4, -0.2) is 74.8 Å². The Balaban J connectivity index is 1.65. The van der Waals surface area contributed by atoms with Crippen LogP contribution in [0.5, 0.6) is 5.88 Å². The first-order chi connectivity index (χ1) is 13.7. The monoisotopic (exact) mass is 389 g/mol. The Morgan fingerprint density at radius 3 is 2.75 bits per heavy atom. The fraction of sp³-hybridized carbons (Fsp3) is 0.611. The highest BCUT2D eigenvalue weighted by molar-refractivity contribution is 5.85. The predicted octanol–water partition coefficient (Wildman–Crippen LogP) is -0.325. The van der Waals surface area contributed by atoms with Crippen molar-refractivity contribution in [3.63, 3.8) is 0 Å². The summed E-state index contributed by atoms with van der Waals surface area (Å²) in [4.78, 5) is 15.9. The van der Waals surface area contributed by atoms with Crippen molar-refractivity contribution in [2.24, 2.45) is 10.7 Å². The van der Waals surface area contributed by atoms with E-state index in [9.17, 15) is 0 Å². The van der Waals surface area contributed by atoms with Crippen LogP contribution >= 0.6 is 0 Å². The molecule has 1 unspecified atom stereocenters. The maximum absolute atomic E-state index is 6.21. The van der Waals surface area contributed by atoms with Gasteiger partial charge in [0.25, 0.3) is 0 Å². The van der Waals surface area contributed by atoms with E-state index in [1.807, 2.05) is 6.07 Å². The molecule has 0 aliphatic carbocycles. The van der Waals surface area contributed by atoms with E-state index >= 15 is 0 Å². The second-order valence-corrected chi connectivity index (χ2v) is 6.90. The Labute approximate surface area is 164 Å². The molecule has 0 aromatic carbocycles.